The lowest BCUT2D eigenvalue weighted by atomic mass is 10.1. The highest BCUT2D eigenvalue weighted by molar-refractivity contribution is 6.01. The van der Waals surface area contributed by atoms with E-state index in [1.165, 1.54) is 42.1 Å². The van der Waals surface area contributed by atoms with Crippen LogP contribution in [0.2, 0.25) is 0 Å². The highest BCUT2D eigenvalue weighted by atomic mass is 19.4. The molecular formula is C20H16F3N3O3. The number of carbonyl (C=O) groups excluding carboxylic acids is 2. The van der Waals surface area contributed by atoms with Crippen LogP contribution in [0.4, 0.5) is 18.9 Å². The number of rotatable bonds is 6. The first kappa shape index (κ1) is 20.1. The number of nitrogens with one attached hydrogen (secondary N) is 1. The van der Waals surface area contributed by atoms with E-state index in [0.29, 0.717) is 17.0 Å². The lowest BCUT2D eigenvalue weighted by Gasteiger charge is -2.05. The molecule has 0 aliphatic rings. The fourth-order valence-corrected chi connectivity index (χ4v) is 2.47. The van der Waals surface area contributed by atoms with Gasteiger partial charge < -0.3 is 9.73 Å². The van der Waals surface area contributed by atoms with Crippen LogP contribution in [0.1, 0.15) is 34.4 Å². The Morgan fingerprint density at radius 2 is 1.90 bits per heavy atom. The summed E-state index contributed by atoms with van der Waals surface area (Å²) in [5.41, 5.74) is 0.145. The van der Waals surface area contributed by atoms with Gasteiger partial charge in [0.2, 0.25) is 5.91 Å². The van der Waals surface area contributed by atoms with Gasteiger partial charge in [-0.05, 0) is 35.9 Å². The highest BCUT2D eigenvalue weighted by Gasteiger charge is 2.29. The number of hydrogen-bond donors (Lipinski definition) is 1. The van der Waals surface area contributed by atoms with Crippen molar-refractivity contribution in [1.29, 1.82) is 0 Å². The molecule has 3 aromatic rings. The molecule has 1 N–H and O–H groups in total. The van der Waals surface area contributed by atoms with E-state index in [1.807, 2.05) is 0 Å². The molecule has 0 aliphatic heterocycles. The van der Waals surface area contributed by atoms with Gasteiger partial charge >= 0.3 is 6.18 Å². The maximum absolute atomic E-state index is 12.5. The highest BCUT2D eigenvalue weighted by Crippen LogP contribution is 2.29. The summed E-state index contributed by atoms with van der Waals surface area (Å²) in [7, 11) is 0. The Morgan fingerprint density at radius 1 is 1.17 bits per heavy atom. The minimum absolute atomic E-state index is 0.176. The zero-order valence-corrected chi connectivity index (χ0v) is 15.2. The number of furan rings is 1. The molecule has 0 atom stereocenters. The minimum atomic E-state index is -4.40. The third kappa shape index (κ3) is 5.44. The lowest BCUT2D eigenvalue weighted by molar-refractivity contribution is -0.137. The zero-order chi connectivity index (χ0) is 21.0. The first-order valence-corrected chi connectivity index (χ1v) is 8.49. The van der Waals surface area contributed by atoms with Crippen molar-refractivity contribution in [2.75, 3.05) is 5.32 Å². The van der Waals surface area contributed by atoms with Crippen molar-refractivity contribution < 1.29 is 27.2 Å². The van der Waals surface area contributed by atoms with Gasteiger partial charge in [0.25, 0.3) is 0 Å². The predicted molar refractivity (Wildman–Crippen MR) is 99.1 cm³/mol. The van der Waals surface area contributed by atoms with Crippen LogP contribution < -0.4 is 5.32 Å². The molecule has 150 valence electrons. The molecule has 29 heavy (non-hydrogen) atoms. The second-order valence-corrected chi connectivity index (χ2v) is 6.19. The Morgan fingerprint density at radius 3 is 2.52 bits per heavy atom. The number of nitrogens with zero attached hydrogens (tertiary/aromatic N) is 2. The Balaban J connectivity index is 1.57. The first-order valence-electron chi connectivity index (χ1n) is 8.49. The molecule has 2 aromatic heterocycles. The van der Waals surface area contributed by atoms with E-state index < -0.39 is 17.6 Å². The molecule has 3 rings (SSSR count). The summed E-state index contributed by atoms with van der Waals surface area (Å²) in [6.07, 6.45) is 1.25. The molecule has 0 spiro atoms. The van der Waals surface area contributed by atoms with Gasteiger partial charge in [-0.3, -0.25) is 14.3 Å². The van der Waals surface area contributed by atoms with Crippen LogP contribution in [-0.4, -0.2) is 21.5 Å². The fourth-order valence-electron chi connectivity index (χ4n) is 2.47. The summed E-state index contributed by atoms with van der Waals surface area (Å²) in [4.78, 5) is 23.2. The van der Waals surface area contributed by atoms with Gasteiger partial charge in [0, 0.05) is 19.2 Å². The quantitative estimate of drug-likeness (QED) is 0.489. The Labute approximate surface area is 163 Å². The lowest BCUT2D eigenvalue weighted by Crippen LogP contribution is -2.07. The van der Waals surface area contributed by atoms with E-state index >= 15 is 0 Å². The number of Topliss-reactive ketones (excluding diaryl/α,β-unsaturated/α-hetero) is 1. The van der Waals surface area contributed by atoms with Gasteiger partial charge in [-0.2, -0.15) is 18.3 Å². The molecule has 1 aromatic carbocycles. The molecule has 0 saturated carbocycles. The summed E-state index contributed by atoms with van der Waals surface area (Å²) in [6.45, 7) is 1.69. The van der Waals surface area contributed by atoms with Crippen molar-refractivity contribution in [3.8, 4) is 0 Å². The largest absolute Gasteiger partial charge is 0.456 e. The number of alkyl halides is 3. The van der Waals surface area contributed by atoms with Crippen molar-refractivity contribution in [2.24, 2.45) is 0 Å². The maximum atomic E-state index is 12.5. The summed E-state index contributed by atoms with van der Waals surface area (Å²) in [5, 5.41) is 6.70. The van der Waals surface area contributed by atoms with Crippen molar-refractivity contribution in [3.63, 3.8) is 0 Å². The summed E-state index contributed by atoms with van der Waals surface area (Å²) in [5.74, 6) is 0.165. The van der Waals surface area contributed by atoms with Gasteiger partial charge in [0.15, 0.2) is 11.5 Å². The second kappa shape index (κ2) is 8.17. The molecule has 0 fully saturated rings. The SMILES string of the molecule is CC(=O)c1ccc(Cn2cc(NC(=O)C=Cc3ccc(C(F)(F)F)cc3)cn2)o1. The van der Waals surface area contributed by atoms with Gasteiger partial charge in [-0.15, -0.1) is 0 Å². The van der Waals surface area contributed by atoms with Crippen LogP contribution in [-0.2, 0) is 17.5 Å². The molecule has 9 heteroatoms. The third-order valence-electron chi connectivity index (χ3n) is 3.89. The van der Waals surface area contributed by atoms with E-state index in [-0.39, 0.29) is 18.1 Å². The van der Waals surface area contributed by atoms with Crippen molar-refractivity contribution in [2.45, 2.75) is 19.6 Å². The summed E-state index contributed by atoms with van der Waals surface area (Å²) >= 11 is 0. The van der Waals surface area contributed by atoms with Gasteiger partial charge in [0.05, 0.1) is 24.0 Å². The number of ketones is 1. The van der Waals surface area contributed by atoms with E-state index in [0.717, 1.165) is 12.1 Å². The standard InChI is InChI=1S/C20H16F3N3O3/c1-13(27)18-8-7-17(29-18)12-26-11-16(10-24-26)25-19(28)9-4-14-2-5-15(6-3-14)20(21,22)23/h2-11H,12H2,1H3,(H,25,28). The first-order chi connectivity index (χ1) is 13.7. The summed E-state index contributed by atoms with van der Waals surface area (Å²) in [6, 6.07) is 7.72. The smallest absolute Gasteiger partial charge is 0.416 e. The topological polar surface area (TPSA) is 77.1 Å². The maximum Gasteiger partial charge on any atom is 0.416 e. The molecule has 1 amide bonds. The van der Waals surface area contributed by atoms with Crippen LogP contribution >= 0.6 is 0 Å². The van der Waals surface area contributed by atoms with Gasteiger partial charge in [-0.25, -0.2) is 0 Å². The monoisotopic (exact) mass is 403 g/mol. The number of carbonyl (C=O) groups is 2. The van der Waals surface area contributed by atoms with E-state index in [9.17, 15) is 22.8 Å². The molecular weight excluding hydrogens is 387 g/mol. The minimum Gasteiger partial charge on any atom is -0.456 e. The number of amides is 1. The van der Waals surface area contributed by atoms with E-state index in [2.05, 4.69) is 10.4 Å². The van der Waals surface area contributed by atoms with Crippen molar-refractivity contribution in [1.82, 2.24) is 9.78 Å². The van der Waals surface area contributed by atoms with Crippen LogP contribution in [0.5, 0.6) is 0 Å². The Kier molecular flexibility index (Phi) is 5.67. The Bertz CT molecular complexity index is 1050. The van der Waals surface area contributed by atoms with E-state index in [1.54, 1.807) is 18.3 Å². The van der Waals surface area contributed by atoms with Crippen LogP contribution in [0.25, 0.3) is 6.08 Å². The van der Waals surface area contributed by atoms with Crippen molar-refractivity contribution >= 4 is 23.5 Å². The van der Waals surface area contributed by atoms with Gasteiger partial charge in [-0.1, -0.05) is 12.1 Å². The number of anilines is 1. The molecule has 0 radical (unpaired) electrons. The Hall–Kier alpha value is -3.62. The average molecular weight is 403 g/mol. The average Bonchev–Trinajstić information content (AvgIpc) is 3.30. The molecule has 6 nitrogen and oxygen atoms in total. The number of aromatic nitrogens is 2. The normalized spacial score (nSPS) is 11.7. The number of hydrogen-bond acceptors (Lipinski definition) is 4. The van der Waals surface area contributed by atoms with Crippen LogP contribution in [0.15, 0.2) is 59.3 Å². The zero-order valence-electron chi connectivity index (χ0n) is 15.2. The molecule has 0 saturated heterocycles. The predicted octanol–water partition coefficient (Wildman–Crippen LogP) is 4.40. The second-order valence-electron chi connectivity index (χ2n) is 6.19. The third-order valence-corrected chi connectivity index (χ3v) is 3.89. The molecule has 0 bridgehead atoms. The molecule has 0 unspecified atom stereocenters. The van der Waals surface area contributed by atoms with Crippen LogP contribution in [0.3, 0.4) is 0 Å². The summed E-state index contributed by atoms with van der Waals surface area (Å²) < 4.78 is 44.5. The fraction of sp³-hybridized carbons (Fsp3) is 0.150. The van der Waals surface area contributed by atoms with E-state index in [4.69, 9.17) is 4.42 Å². The molecule has 0 aliphatic carbocycles. The molecule has 2 heterocycles. The van der Waals surface area contributed by atoms with Gasteiger partial charge in [0.1, 0.15) is 5.76 Å². The number of benzene rings is 1. The van der Waals surface area contributed by atoms with Crippen molar-refractivity contribution in [3.05, 3.63) is 77.5 Å². The number of halogens is 3. The van der Waals surface area contributed by atoms with Crippen LogP contribution in [0, 0.1) is 0 Å².